The number of hydrogen-bond acceptors (Lipinski definition) is 6. The quantitative estimate of drug-likeness (QED) is 0.0354. The van der Waals surface area contributed by atoms with E-state index in [0.29, 0.717) is 0 Å². The molecule has 0 N–H and O–H groups in total. The fraction of sp³-hybridized carbons (Fsp3) is 0.667. The summed E-state index contributed by atoms with van der Waals surface area (Å²) < 4.78 is 39.3. The Kier molecular flexibility index (Phi) is 66.7. The smallest absolute Gasteiger partial charge is 0.119 e. The van der Waals surface area contributed by atoms with Gasteiger partial charge >= 0.3 is 0 Å². The van der Waals surface area contributed by atoms with Crippen LogP contribution in [0.2, 0.25) is 0 Å². The van der Waals surface area contributed by atoms with Gasteiger partial charge in [0.2, 0.25) is 0 Å². The number of unbranched alkanes of at least 4 members (excludes halogenated alkanes) is 54. The Labute approximate surface area is 813 Å². The topological polar surface area (TPSA) is 55.4 Å². The molecule has 0 fully saturated rings. The van der Waals surface area contributed by atoms with Crippen molar-refractivity contribution in [1.82, 2.24) is 0 Å². The van der Waals surface area contributed by atoms with Crippen molar-refractivity contribution in [3.05, 3.63) is 212 Å². The Bertz CT molecular complexity index is 3100. The van der Waals surface area contributed by atoms with Crippen LogP contribution < -0.4 is 28.4 Å². The van der Waals surface area contributed by atoms with Crippen LogP contribution in [0.15, 0.2) is 146 Å². The Morgan fingerprint density at radius 3 is 0.318 bits per heavy atom. The molecule has 0 unspecified atom stereocenters. The maximum atomic E-state index is 6.55. The molecule has 0 saturated carbocycles. The van der Waals surface area contributed by atoms with E-state index in [2.05, 4.69) is 187 Å². The van der Waals surface area contributed by atoms with E-state index < -0.39 is 0 Å². The minimum atomic E-state index is 0.776. The first-order valence-electron chi connectivity index (χ1n) is 56.9. The Balaban J connectivity index is 1.27. The van der Waals surface area contributed by atoms with Gasteiger partial charge in [-0.15, -0.1) is 0 Å². The summed E-state index contributed by atoms with van der Waals surface area (Å²) in [6, 6.07) is 55.8. The van der Waals surface area contributed by atoms with Crippen LogP contribution in [0.3, 0.4) is 0 Å². The van der Waals surface area contributed by atoms with Gasteiger partial charge in [0, 0.05) is 0 Å². The molecular formula is C126H198O6. The molecule has 0 amide bonds. The molecule has 738 valence electrons. The zero-order valence-corrected chi connectivity index (χ0v) is 86.5. The molecule has 0 aliphatic rings. The van der Waals surface area contributed by atoms with Gasteiger partial charge in [0.15, 0.2) is 0 Å². The minimum Gasteiger partial charge on any atom is -0.494 e. The third kappa shape index (κ3) is 53.7. The normalized spacial score (nSPS) is 11.5. The second-order valence-electron chi connectivity index (χ2n) is 39.9. The lowest BCUT2D eigenvalue weighted by Gasteiger charge is -2.28. The third-order valence-electron chi connectivity index (χ3n) is 28.3. The van der Waals surface area contributed by atoms with Gasteiger partial charge in [0.25, 0.3) is 0 Å². The zero-order chi connectivity index (χ0) is 92.8. The Morgan fingerprint density at radius 2 is 0.212 bits per heavy atom. The summed E-state index contributed by atoms with van der Waals surface area (Å²) in [5.74, 6) is 5.94. The Morgan fingerprint density at radius 1 is 0.114 bits per heavy atom. The van der Waals surface area contributed by atoms with Crippen molar-refractivity contribution in [3.63, 3.8) is 0 Å². The number of rotatable bonds is 90. The second kappa shape index (κ2) is 78.4. The van der Waals surface area contributed by atoms with E-state index in [1.807, 2.05) is 0 Å². The first-order chi connectivity index (χ1) is 65.4. The first kappa shape index (κ1) is 112. The number of ether oxygens (including phenoxy) is 6. The highest BCUT2D eigenvalue weighted by Gasteiger charge is 2.25. The van der Waals surface area contributed by atoms with Gasteiger partial charge < -0.3 is 28.4 Å². The second-order valence-corrected chi connectivity index (χ2v) is 39.9. The molecule has 0 bridgehead atoms. The monoisotopic (exact) mass is 1810 g/mol. The summed E-state index contributed by atoms with van der Waals surface area (Å²) >= 11 is 0. The maximum absolute atomic E-state index is 6.55. The van der Waals surface area contributed by atoms with E-state index in [1.54, 1.807) is 33.4 Å². The molecule has 0 atom stereocenters. The molecule has 6 nitrogen and oxygen atoms in total. The molecule has 7 aromatic rings. The van der Waals surface area contributed by atoms with Crippen molar-refractivity contribution in [2.45, 2.75) is 504 Å². The van der Waals surface area contributed by atoms with E-state index >= 15 is 0 Å². The molecule has 0 radical (unpaired) electrons. The predicted molar refractivity (Wildman–Crippen MR) is 574 cm³/mol. The van der Waals surface area contributed by atoms with Crippen molar-refractivity contribution < 1.29 is 28.4 Å². The van der Waals surface area contributed by atoms with Crippen LogP contribution >= 0.6 is 0 Å². The third-order valence-corrected chi connectivity index (χ3v) is 28.3. The highest BCUT2D eigenvalue weighted by Crippen LogP contribution is 2.37. The molecule has 6 heteroatoms. The molecule has 0 spiro atoms. The van der Waals surface area contributed by atoms with Crippen LogP contribution in [0.25, 0.3) is 0 Å². The zero-order valence-electron chi connectivity index (χ0n) is 86.5. The van der Waals surface area contributed by atoms with Crippen molar-refractivity contribution >= 4 is 0 Å². The lowest BCUT2D eigenvalue weighted by Crippen LogP contribution is -2.18. The number of benzene rings is 7. The van der Waals surface area contributed by atoms with Crippen LogP contribution in [-0.2, 0) is 77.0 Å². The first-order valence-corrected chi connectivity index (χ1v) is 56.9. The van der Waals surface area contributed by atoms with E-state index in [0.717, 1.165) is 190 Å². The standard InChI is InChI=1S/C126H198O6/c1-7-13-19-25-31-37-43-49-55-61-103-127-115-85-67-109(68-86-115)79-97-121-122(98-80-110-69-87-116(88-70-110)128-104-62-56-50-44-38-32-26-20-14-8-2)124(100-82-112-73-91-118(92-74-112)130-106-64-58-52-46-40-34-28-22-16-10-4)126(102-84-114-77-95-120(96-78-114)132-108-66-60-54-48-42-36-30-24-18-12-6)125(101-83-113-75-93-119(94-76-113)131-107-65-59-53-47-41-35-29-23-17-11-5)123(121)99-81-111-71-89-117(90-72-111)129-105-63-57-51-45-39-33-27-21-15-9-3/h67-78,85-96H,7-66,79-84,97-108H2,1-6H3. The van der Waals surface area contributed by atoms with Gasteiger partial charge in [-0.25, -0.2) is 0 Å². The van der Waals surface area contributed by atoms with E-state index in [1.165, 1.54) is 380 Å². The molecule has 0 saturated heterocycles. The lowest BCUT2D eigenvalue weighted by molar-refractivity contribution is 0.304. The summed E-state index contributed by atoms with van der Waals surface area (Å²) in [7, 11) is 0. The molecular weight excluding hydrogens is 1610 g/mol. The van der Waals surface area contributed by atoms with Gasteiger partial charge in [0.05, 0.1) is 39.6 Å². The highest BCUT2D eigenvalue weighted by atomic mass is 16.5. The van der Waals surface area contributed by atoms with E-state index in [-0.39, 0.29) is 0 Å². The Hall–Kier alpha value is -6.66. The van der Waals surface area contributed by atoms with Crippen molar-refractivity contribution in [2.24, 2.45) is 0 Å². The van der Waals surface area contributed by atoms with Gasteiger partial charge in [0.1, 0.15) is 34.5 Å². The summed E-state index contributed by atoms with van der Waals surface area (Å²) in [4.78, 5) is 0. The number of aryl methyl sites for hydroxylation is 6. The fourth-order valence-corrected chi connectivity index (χ4v) is 19.7. The average molecular weight is 1810 g/mol. The summed E-state index contributed by atoms with van der Waals surface area (Å²) in [5, 5.41) is 0. The van der Waals surface area contributed by atoms with Crippen LogP contribution in [0.4, 0.5) is 0 Å². The van der Waals surface area contributed by atoms with Crippen LogP contribution in [-0.4, -0.2) is 39.6 Å². The van der Waals surface area contributed by atoms with Gasteiger partial charge in [-0.05, 0) is 255 Å². The van der Waals surface area contributed by atoms with Crippen molar-refractivity contribution in [3.8, 4) is 34.5 Å². The van der Waals surface area contributed by atoms with Crippen LogP contribution in [0.1, 0.15) is 494 Å². The molecule has 0 aromatic heterocycles. The molecule has 7 rings (SSSR count). The fourth-order valence-electron chi connectivity index (χ4n) is 19.7. The minimum absolute atomic E-state index is 0.776. The van der Waals surface area contributed by atoms with Crippen molar-refractivity contribution in [1.29, 1.82) is 0 Å². The molecule has 7 aromatic carbocycles. The molecule has 0 heterocycles. The predicted octanol–water partition coefficient (Wildman–Crippen LogP) is 38.2. The lowest BCUT2D eigenvalue weighted by atomic mass is 9.76. The van der Waals surface area contributed by atoms with Gasteiger partial charge in [-0.1, -0.05) is 461 Å². The largest absolute Gasteiger partial charge is 0.494 e. The van der Waals surface area contributed by atoms with Crippen molar-refractivity contribution in [2.75, 3.05) is 39.6 Å². The number of hydrogen-bond donors (Lipinski definition) is 0. The SMILES string of the molecule is CCCCCCCCCCCCOc1ccc(CCc2c(CCc3ccc(OCCCCCCCCCCCC)cc3)c(CCc3ccc(OCCCCCCCCCCCC)cc3)c(CCc3ccc(OCCCCCCCCCCCC)cc3)c(CCc3ccc(OCCCCCCCCCCCC)cc3)c2CCc2ccc(OCCCCCCCCCCCC)cc2)cc1. The summed E-state index contributed by atoms with van der Waals surface area (Å²) in [6.07, 6.45) is 90.8. The van der Waals surface area contributed by atoms with E-state index in [4.69, 9.17) is 28.4 Å². The van der Waals surface area contributed by atoms with Crippen LogP contribution in [0.5, 0.6) is 34.5 Å². The average Bonchev–Trinajstić information content (AvgIpc) is 0.760. The molecule has 0 aliphatic carbocycles. The van der Waals surface area contributed by atoms with E-state index in [9.17, 15) is 0 Å². The molecule has 0 aliphatic heterocycles. The maximum Gasteiger partial charge on any atom is 0.119 e. The highest BCUT2D eigenvalue weighted by molar-refractivity contribution is 5.55. The summed E-state index contributed by atoms with van der Waals surface area (Å²) in [5.41, 5.74) is 17.7. The molecule has 132 heavy (non-hydrogen) atoms. The van der Waals surface area contributed by atoms with Gasteiger partial charge in [-0.3, -0.25) is 0 Å². The summed E-state index contributed by atoms with van der Waals surface area (Å²) in [6.45, 7) is 18.5. The van der Waals surface area contributed by atoms with Gasteiger partial charge in [-0.2, -0.15) is 0 Å². The van der Waals surface area contributed by atoms with Crippen LogP contribution in [0, 0.1) is 0 Å².